The van der Waals surface area contributed by atoms with E-state index in [1.54, 1.807) is 15.0 Å². The average Bonchev–Trinajstić information content (AvgIpc) is 3.52. The van der Waals surface area contributed by atoms with Crippen LogP contribution in [0.3, 0.4) is 0 Å². The molecule has 5 rings (SSSR count). The van der Waals surface area contributed by atoms with Gasteiger partial charge in [-0.3, -0.25) is 15.0 Å². The van der Waals surface area contributed by atoms with Crippen molar-refractivity contribution in [3.05, 3.63) is 62.9 Å². The van der Waals surface area contributed by atoms with Crippen molar-refractivity contribution in [3.63, 3.8) is 0 Å². The van der Waals surface area contributed by atoms with Crippen LogP contribution in [-0.2, 0) is 33.8 Å². The molecule has 3 unspecified atom stereocenters. The van der Waals surface area contributed by atoms with Crippen LogP contribution >= 0.6 is 0 Å². The van der Waals surface area contributed by atoms with Crippen LogP contribution in [0.25, 0.3) is 0 Å². The van der Waals surface area contributed by atoms with Gasteiger partial charge in [0.25, 0.3) is 0 Å². The van der Waals surface area contributed by atoms with E-state index in [1.807, 2.05) is 0 Å². The zero-order valence-electron chi connectivity index (χ0n) is 15.5. The van der Waals surface area contributed by atoms with E-state index in [4.69, 9.17) is 14.2 Å². The summed E-state index contributed by atoms with van der Waals surface area (Å²) in [5.74, 6) is 0. The summed E-state index contributed by atoms with van der Waals surface area (Å²) >= 11 is 0. The lowest BCUT2D eigenvalue weighted by Gasteiger charge is -2.12. The molecule has 0 radical (unpaired) electrons. The summed E-state index contributed by atoms with van der Waals surface area (Å²) in [5.41, 5.74) is -4.19. The predicted octanol–water partition coefficient (Wildman–Crippen LogP) is -4.88. The zero-order valence-corrected chi connectivity index (χ0v) is 15.5. The van der Waals surface area contributed by atoms with Gasteiger partial charge < -0.3 is 14.2 Å². The van der Waals surface area contributed by atoms with Crippen LogP contribution in [0.1, 0.15) is 0 Å². The molecule has 30 heavy (non-hydrogen) atoms. The molecule has 3 aliphatic heterocycles. The van der Waals surface area contributed by atoms with Crippen LogP contribution in [-0.4, -0.2) is 66.8 Å². The number of nitrogens with one attached hydrogen (secondary N) is 3. The van der Waals surface area contributed by atoms with Gasteiger partial charge in [0.15, 0.2) is 0 Å². The highest BCUT2D eigenvalue weighted by atomic mass is 16.6. The molecule has 15 nitrogen and oxygen atoms in total. The minimum absolute atomic E-state index is 0.121. The first-order valence-corrected chi connectivity index (χ1v) is 9.04. The number of aromatic nitrogens is 6. The quantitative estimate of drug-likeness (QED) is 0.378. The fourth-order valence-corrected chi connectivity index (χ4v) is 2.69. The minimum Gasteiger partial charge on any atom is -0.371 e. The Morgan fingerprint density at radius 3 is 1.00 bits per heavy atom. The highest BCUT2D eigenvalue weighted by Crippen LogP contribution is 2.12. The van der Waals surface area contributed by atoms with E-state index in [0.717, 1.165) is 13.7 Å². The molecule has 3 saturated heterocycles. The van der Waals surface area contributed by atoms with Crippen molar-refractivity contribution in [2.75, 3.05) is 19.8 Å². The van der Waals surface area contributed by atoms with Crippen molar-refractivity contribution in [3.8, 4) is 0 Å². The Bertz CT molecular complexity index is 1070. The van der Waals surface area contributed by atoms with Crippen LogP contribution in [0.2, 0.25) is 0 Å². The molecule has 0 bridgehead atoms. The third-order valence-electron chi connectivity index (χ3n) is 4.43. The van der Waals surface area contributed by atoms with Gasteiger partial charge >= 0.3 is 34.1 Å². The van der Waals surface area contributed by atoms with E-state index in [2.05, 4.69) is 0 Å². The summed E-state index contributed by atoms with van der Waals surface area (Å²) in [4.78, 5) is 73.0. The molecule has 0 spiro atoms. The van der Waals surface area contributed by atoms with Crippen molar-refractivity contribution >= 4 is 0 Å². The largest absolute Gasteiger partial charge is 0.371 e. The summed E-state index contributed by atoms with van der Waals surface area (Å²) < 4.78 is 18.4. The number of rotatable bonds is 6. The number of ether oxygens (including phenoxy) is 3. The summed E-state index contributed by atoms with van der Waals surface area (Å²) in [6.07, 6.45) is -0.363. The zero-order chi connectivity index (χ0) is 21.4. The Labute approximate surface area is 164 Å². The van der Waals surface area contributed by atoms with Gasteiger partial charge in [-0.1, -0.05) is 0 Å². The maximum Gasteiger partial charge on any atom is 0.336 e. The van der Waals surface area contributed by atoms with Crippen LogP contribution in [0.5, 0.6) is 0 Å². The molecule has 0 aliphatic carbocycles. The van der Waals surface area contributed by atoms with E-state index in [0.29, 0.717) is 19.8 Å². The second-order valence-corrected chi connectivity index (χ2v) is 6.91. The summed E-state index contributed by atoms with van der Waals surface area (Å²) in [5, 5.41) is 0. The lowest BCUT2D eigenvalue weighted by molar-refractivity contribution is 0.327. The molecule has 3 atom stereocenters. The van der Waals surface area contributed by atoms with Crippen molar-refractivity contribution in [1.29, 1.82) is 0 Å². The number of epoxide rings is 3. The van der Waals surface area contributed by atoms with E-state index in [-0.39, 0.29) is 37.9 Å². The highest BCUT2D eigenvalue weighted by molar-refractivity contribution is 4.86. The molecule has 2 aromatic rings. The first-order chi connectivity index (χ1) is 14.3. The van der Waals surface area contributed by atoms with E-state index in [1.165, 1.54) is 0 Å². The monoisotopic (exact) mass is 426 g/mol. The van der Waals surface area contributed by atoms with Gasteiger partial charge in [0.05, 0.1) is 57.8 Å². The third-order valence-corrected chi connectivity index (χ3v) is 4.43. The molecule has 0 aromatic carbocycles. The maximum atomic E-state index is 12.4. The molecular weight excluding hydrogens is 408 g/mol. The van der Waals surface area contributed by atoms with E-state index in [9.17, 15) is 28.8 Å². The number of hydrogen-bond donors (Lipinski definition) is 3. The number of hydrogen-bond acceptors (Lipinski definition) is 9. The third kappa shape index (κ3) is 4.81. The average molecular weight is 426 g/mol. The molecule has 3 N–H and O–H groups in total. The molecule has 15 heteroatoms. The molecule has 5 heterocycles. The van der Waals surface area contributed by atoms with Gasteiger partial charge in [0, 0.05) is 0 Å². The first kappa shape index (κ1) is 20.0. The minimum atomic E-state index is -0.802. The standard InChI is InChI=1S/C12H15N3O6.C3H3N3O3/c16-10-13(1-7-4-19-7)11(17)15(3-9-6-21-9)12(18)14(10)2-8-5-20-8;7-1-4-2(8)6-3(9)5-1/h7-9H,1-6H2;(H3,4,5,6,7,8,9). The summed E-state index contributed by atoms with van der Waals surface area (Å²) in [7, 11) is 0. The predicted molar refractivity (Wildman–Crippen MR) is 96.7 cm³/mol. The number of nitrogens with zero attached hydrogens (tertiary/aromatic N) is 3. The molecular formula is C15H18N6O9. The van der Waals surface area contributed by atoms with Crippen molar-refractivity contribution < 1.29 is 14.2 Å². The van der Waals surface area contributed by atoms with Gasteiger partial charge in [-0.05, 0) is 0 Å². The van der Waals surface area contributed by atoms with Crippen LogP contribution < -0.4 is 34.1 Å². The Kier molecular flexibility index (Phi) is 5.23. The molecule has 0 amide bonds. The highest BCUT2D eigenvalue weighted by Gasteiger charge is 2.31. The van der Waals surface area contributed by atoms with Gasteiger partial charge in [-0.25, -0.2) is 42.5 Å². The maximum absolute atomic E-state index is 12.4. The number of aromatic amines is 3. The van der Waals surface area contributed by atoms with E-state index < -0.39 is 34.1 Å². The van der Waals surface area contributed by atoms with Gasteiger partial charge in [-0.15, -0.1) is 0 Å². The van der Waals surface area contributed by atoms with Crippen LogP contribution in [0, 0.1) is 0 Å². The fourth-order valence-electron chi connectivity index (χ4n) is 2.69. The summed E-state index contributed by atoms with van der Waals surface area (Å²) in [6.45, 7) is 2.12. The van der Waals surface area contributed by atoms with E-state index >= 15 is 0 Å². The van der Waals surface area contributed by atoms with Crippen molar-refractivity contribution in [2.45, 2.75) is 37.9 Å². The fraction of sp³-hybridized carbons (Fsp3) is 0.600. The SMILES string of the molecule is O=c1[nH]c(=O)[nH]c(=O)[nH]1.O=c1n(CC2CO2)c(=O)n(CC2CO2)c(=O)n1CC1CO1. The Morgan fingerprint density at radius 1 is 0.567 bits per heavy atom. The normalized spacial score (nSPS) is 23.4. The van der Waals surface area contributed by atoms with Gasteiger partial charge in [0.2, 0.25) is 0 Å². The lowest BCUT2D eigenvalue weighted by atomic mass is 10.4. The van der Waals surface area contributed by atoms with Crippen LogP contribution in [0.4, 0.5) is 0 Å². The van der Waals surface area contributed by atoms with Gasteiger partial charge in [0.1, 0.15) is 0 Å². The van der Waals surface area contributed by atoms with Crippen molar-refractivity contribution in [2.24, 2.45) is 0 Å². The Balaban J connectivity index is 0.000000204. The second kappa shape index (κ2) is 7.85. The van der Waals surface area contributed by atoms with Crippen LogP contribution in [0.15, 0.2) is 28.8 Å². The molecule has 2 aromatic heterocycles. The van der Waals surface area contributed by atoms with Crippen molar-refractivity contribution in [1.82, 2.24) is 28.7 Å². The lowest BCUT2D eigenvalue weighted by Crippen LogP contribution is -2.55. The Hall–Kier alpha value is -3.30. The first-order valence-electron chi connectivity index (χ1n) is 9.04. The van der Waals surface area contributed by atoms with Gasteiger partial charge in [-0.2, -0.15) is 0 Å². The Morgan fingerprint density at radius 2 is 0.800 bits per heavy atom. The number of H-pyrrole nitrogens is 3. The second-order valence-electron chi connectivity index (χ2n) is 6.91. The topological polar surface area (TPSA) is 202 Å². The summed E-state index contributed by atoms with van der Waals surface area (Å²) in [6, 6.07) is 0. The molecule has 3 aliphatic rings. The molecule has 3 fully saturated rings. The molecule has 0 saturated carbocycles. The molecule has 162 valence electrons. The smallest absolute Gasteiger partial charge is 0.336 e.